The number of aryl methyl sites for hydroxylation is 1. The zero-order valence-electron chi connectivity index (χ0n) is 22.0. The summed E-state index contributed by atoms with van der Waals surface area (Å²) in [6.45, 7) is 9.31. The SMILES string of the molecule is CCCn1ncc(CN2CCC(COc3ccccc3)(CC(=O)N(C)Cc3ccccc3)CC2)c1C. The van der Waals surface area contributed by atoms with Gasteiger partial charge in [0.15, 0.2) is 0 Å². The summed E-state index contributed by atoms with van der Waals surface area (Å²) in [6.07, 6.45) is 5.49. The fourth-order valence-corrected chi connectivity index (χ4v) is 5.03. The number of carbonyl (C=O) groups excluding carboxylic acids is 1. The highest BCUT2D eigenvalue weighted by Gasteiger charge is 2.38. The van der Waals surface area contributed by atoms with E-state index in [1.54, 1.807) is 0 Å². The van der Waals surface area contributed by atoms with Gasteiger partial charge in [0.2, 0.25) is 5.91 Å². The van der Waals surface area contributed by atoms with Crippen molar-refractivity contribution in [2.45, 2.75) is 59.2 Å². The topological polar surface area (TPSA) is 50.6 Å². The summed E-state index contributed by atoms with van der Waals surface area (Å²) in [5.41, 5.74) is 3.54. The Kier molecular flexibility index (Phi) is 8.81. The molecule has 3 aromatic rings. The monoisotopic (exact) mass is 488 g/mol. The van der Waals surface area contributed by atoms with Gasteiger partial charge in [-0.05, 0) is 57.0 Å². The Hall–Kier alpha value is -3.12. The fourth-order valence-electron chi connectivity index (χ4n) is 5.03. The molecule has 0 bridgehead atoms. The maximum Gasteiger partial charge on any atom is 0.223 e. The maximum atomic E-state index is 13.4. The highest BCUT2D eigenvalue weighted by atomic mass is 16.5. The van der Waals surface area contributed by atoms with E-state index in [9.17, 15) is 4.79 Å². The number of amides is 1. The zero-order chi connectivity index (χ0) is 25.4. The van der Waals surface area contributed by atoms with Crippen LogP contribution in [0.2, 0.25) is 0 Å². The minimum absolute atomic E-state index is 0.171. The van der Waals surface area contributed by atoms with Gasteiger partial charge in [-0.3, -0.25) is 14.4 Å². The molecule has 2 heterocycles. The molecule has 1 aliphatic heterocycles. The maximum absolute atomic E-state index is 13.4. The van der Waals surface area contributed by atoms with E-state index in [2.05, 4.69) is 40.7 Å². The van der Waals surface area contributed by atoms with Crippen LogP contribution in [0, 0.1) is 12.3 Å². The van der Waals surface area contributed by atoms with Crippen LogP contribution in [0.5, 0.6) is 5.75 Å². The van der Waals surface area contributed by atoms with Crippen molar-refractivity contribution in [1.29, 1.82) is 0 Å². The number of piperidine rings is 1. The number of nitrogens with zero attached hydrogens (tertiary/aromatic N) is 4. The number of aromatic nitrogens is 2. The van der Waals surface area contributed by atoms with Crippen LogP contribution >= 0.6 is 0 Å². The lowest BCUT2D eigenvalue weighted by molar-refractivity contribution is -0.134. The molecule has 0 aliphatic carbocycles. The molecule has 0 unspecified atom stereocenters. The molecule has 4 rings (SSSR count). The Labute approximate surface area is 215 Å². The lowest BCUT2D eigenvalue weighted by Gasteiger charge is -2.42. The van der Waals surface area contributed by atoms with Gasteiger partial charge < -0.3 is 9.64 Å². The number of ether oxygens (including phenoxy) is 1. The molecule has 1 saturated heterocycles. The highest BCUT2D eigenvalue weighted by Crippen LogP contribution is 2.37. The zero-order valence-corrected chi connectivity index (χ0v) is 22.0. The molecule has 2 aromatic carbocycles. The van der Waals surface area contributed by atoms with Crippen molar-refractivity contribution in [3.8, 4) is 5.75 Å². The summed E-state index contributed by atoms with van der Waals surface area (Å²) < 4.78 is 8.36. The number of hydrogen-bond donors (Lipinski definition) is 0. The summed E-state index contributed by atoms with van der Waals surface area (Å²) in [5, 5.41) is 4.58. The van der Waals surface area contributed by atoms with Crippen LogP contribution in [0.15, 0.2) is 66.9 Å². The van der Waals surface area contributed by atoms with Crippen LogP contribution < -0.4 is 4.74 Å². The van der Waals surface area contributed by atoms with Crippen molar-refractivity contribution in [2.24, 2.45) is 5.41 Å². The number of likely N-dealkylation sites (tertiary alicyclic amines) is 1. The number of carbonyl (C=O) groups is 1. The Balaban J connectivity index is 1.41. The largest absolute Gasteiger partial charge is 0.493 e. The third-order valence-corrected chi connectivity index (χ3v) is 7.45. The summed E-state index contributed by atoms with van der Waals surface area (Å²) in [5.74, 6) is 1.05. The second-order valence-corrected chi connectivity index (χ2v) is 10.3. The van der Waals surface area contributed by atoms with Gasteiger partial charge in [0.25, 0.3) is 0 Å². The molecule has 1 fully saturated rings. The Morgan fingerprint density at radius 2 is 1.72 bits per heavy atom. The molecule has 192 valence electrons. The number of para-hydroxylation sites is 1. The van der Waals surface area contributed by atoms with Gasteiger partial charge >= 0.3 is 0 Å². The first-order valence-corrected chi connectivity index (χ1v) is 13.2. The van der Waals surface area contributed by atoms with E-state index >= 15 is 0 Å². The van der Waals surface area contributed by atoms with Gasteiger partial charge in [0.1, 0.15) is 5.75 Å². The molecular formula is C30H40N4O2. The molecule has 0 N–H and O–H groups in total. The number of rotatable bonds is 11. The van der Waals surface area contributed by atoms with E-state index in [1.165, 1.54) is 11.3 Å². The number of benzene rings is 2. The Bertz CT molecular complexity index is 1090. The first kappa shape index (κ1) is 26.0. The molecule has 6 nitrogen and oxygen atoms in total. The fraction of sp³-hybridized carbons (Fsp3) is 0.467. The Morgan fingerprint density at radius 3 is 2.39 bits per heavy atom. The molecule has 36 heavy (non-hydrogen) atoms. The van der Waals surface area contributed by atoms with Crippen LogP contribution in [0.4, 0.5) is 0 Å². The molecule has 0 radical (unpaired) electrons. The second kappa shape index (κ2) is 12.2. The van der Waals surface area contributed by atoms with Crippen LogP contribution in [-0.2, 0) is 24.4 Å². The molecule has 6 heteroatoms. The van der Waals surface area contributed by atoms with Crippen molar-refractivity contribution in [3.63, 3.8) is 0 Å². The smallest absolute Gasteiger partial charge is 0.223 e. The van der Waals surface area contributed by atoms with E-state index in [0.717, 1.165) is 56.8 Å². The van der Waals surface area contributed by atoms with Gasteiger partial charge in [-0.1, -0.05) is 55.5 Å². The summed E-state index contributed by atoms with van der Waals surface area (Å²) in [7, 11) is 1.91. The highest BCUT2D eigenvalue weighted by molar-refractivity contribution is 5.76. The lowest BCUT2D eigenvalue weighted by Crippen LogP contribution is -2.45. The average molecular weight is 489 g/mol. The van der Waals surface area contributed by atoms with E-state index < -0.39 is 0 Å². The van der Waals surface area contributed by atoms with Gasteiger partial charge in [-0.2, -0.15) is 5.10 Å². The third-order valence-electron chi connectivity index (χ3n) is 7.45. The third kappa shape index (κ3) is 6.76. The van der Waals surface area contributed by atoms with Crippen LogP contribution in [-0.4, -0.2) is 52.2 Å². The summed E-state index contributed by atoms with van der Waals surface area (Å²) in [6, 6.07) is 20.1. The first-order valence-electron chi connectivity index (χ1n) is 13.2. The summed E-state index contributed by atoms with van der Waals surface area (Å²) >= 11 is 0. The lowest BCUT2D eigenvalue weighted by atomic mass is 9.75. The van der Waals surface area contributed by atoms with Gasteiger partial charge in [0, 0.05) is 49.8 Å². The minimum atomic E-state index is -0.171. The van der Waals surface area contributed by atoms with Crippen molar-refractivity contribution in [3.05, 3.63) is 83.7 Å². The quantitative estimate of drug-likeness (QED) is 0.367. The average Bonchev–Trinajstić information content (AvgIpc) is 3.24. The van der Waals surface area contributed by atoms with E-state index in [-0.39, 0.29) is 11.3 Å². The van der Waals surface area contributed by atoms with Crippen LogP contribution in [0.25, 0.3) is 0 Å². The van der Waals surface area contributed by atoms with E-state index in [1.807, 2.05) is 66.7 Å². The molecular weight excluding hydrogens is 448 g/mol. The molecule has 1 aliphatic rings. The Morgan fingerprint density at radius 1 is 1.06 bits per heavy atom. The van der Waals surface area contributed by atoms with Crippen molar-refractivity contribution in [2.75, 3.05) is 26.7 Å². The standard InChI is InChI=1S/C30H40N4O2/c1-4-17-34-25(2)27(21-31-34)23-33-18-15-30(16-19-33,24-36-28-13-9-6-10-14-28)20-29(35)32(3)22-26-11-7-5-8-12-26/h5-14,21H,4,15-20,22-24H2,1-3H3. The first-order chi connectivity index (χ1) is 17.5. The molecule has 0 saturated carbocycles. The molecule has 0 spiro atoms. The predicted octanol–water partition coefficient (Wildman–Crippen LogP) is 5.31. The normalized spacial score (nSPS) is 15.5. The van der Waals surface area contributed by atoms with Crippen molar-refractivity contribution >= 4 is 5.91 Å². The molecule has 1 amide bonds. The van der Waals surface area contributed by atoms with Crippen molar-refractivity contribution < 1.29 is 9.53 Å². The van der Waals surface area contributed by atoms with Crippen LogP contribution in [0.3, 0.4) is 0 Å². The van der Waals surface area contributed by atoms with E-state index in [4.69, 9.17) is 4.74 Å². The van der Waals surface area contributed by atoms with Crippen LogP contribution in [0.1, 0.15) is 49.4 Å². The molecule has 0 atom stereocenters. The molecule has 1 aromatic heterocycles. The van der Waals surface area contributed by atoms with Gasteiger partial charge in [-0.15, -0.1) is 0 Å². The van der Waals surface area contributed by atoms with Gasteiger partial charge in [0.05, 0.1) is 12.8 Å². The summed E-state index contributed by atoms with van der Waals surface area (Å²) in [4.78, 5) is 17.7. The van der Waals surface area contributed by atoms with Crippen molar-refractivity contribution in [1.82, 2.24) is 19.6 Å². The minimum Gasteiger partial charge on any atom is -0.493 e. The number of hydrogen-bond acceptors (Lipinski definition) is 4. The van der Waals surface area contributed by atoms with Gasteiger partial charge in [-0.25, -0.2) is 0 Å². The van der Waals surface area contributed by atoms with E-state index in [0.29, 0.717) is 19.6 Å². The second-order valence-electron chi connectivity index (χ2n) is 10.3. The predicted molar refractivity (Wildman–Crippen MR) is 144 cm³/mol.